The first-order chi connectivity index (χ1) is 26.4. The van der Waals surface area contributed by atoms with Crippen molar-refractivity contribution in [1.82, 2.24) is 0 Å². The van der Waals surface area contributed by atoms with E-state index < -0.39 is 0 Å². The molecule has 16 aliphatic rings. The van der Waals surface area contributed by atoms with Crippen LogP contribution in [0.15, 0.2) is 47.6 Å². The first-order valence-electron chi connectivity index (χ1n) is 24.4. The molecule has 1 aromatic rings. The zero-order chi connectivity index (χ0) is 38.0. The van der Waals surface area contributed by atoms with Gasteiger partial charge in [-0.05, 0) is 241 Å². The highest BCUT2D eigenvalue weighted by atomic mass is 31.1. The molecule has 302 valence electrons. The van der Waals surface area contributed by atoms with E-state index >= 15 is 0 Å². The molecule has 12 unspecified atom stereocenters. The first kappa shape index (κ1) is 36.2. The molecule has 0 amide bonds. The Kier molecular flexibility index (Phi) is 7.08. The normalized spacial score (nSPS) is 57.2. The smallest absolute Gasteiger partial charge is 0.00385 e. The lowest BCUT2D eigenvalue weighted by molar-refractivity contribution is -0.0813. The average Bonchev–Trinajstić information content (AvgIpc) is 3.00. The fourth-order valence-corrected chi connectivity index (χ4v) is 33.6. The van der Waals surface area contributed by atoms with Crippen LogP contribution in [0.25, 0.3) is 0 Å². The van der Waals surface area contributed by atoms with Gasteiger partial charge in [0.15, 0.2) is 0 Å². The van der Waals surface area contributed by atoms with Gasteiger partial charge in [0, 0.05) is 0 Å². The molecule has 56 heavy (non-hydrogen) atoms. The van der Waals surface area contributed by atoms with Crippen LogP contribution in [0.3, 0.4) is 0 Å². The molecule has 2 heteroatoms. The van der Waals surface area contributed by atoms with Crippen molar-refractivity contribution in [2.24, 2.45) is 56.2 Å². The molecule has 0 spiro atoms. The monoisotopic (exact) mass is 787 g/mol. The van der Waals surface area contributed by atoms with Crippen LogP contribution >= 0.6 is 15.8 Å². The van der Waals surface area contributed by atoms with E-state index in [1.165, 1.54) is 70.1 Å². The molecule has 12 atom stereocenters. The maximum atomic E-state index is 2.85. The molecule has 0 aromatic heterocycles. The van der Waals surface area contributed by atoms with Crippen molar-refractivity contribution in [2.75, 3.05) is 0 Å². The highest BCUT2D eigenvalue weighted by Gasteiger charge is 2.69. The summed E-state index contributed by atoms with van der Waals surface area (Å²) >= 11 is 0. The Bertz CT molecular complexity index is 1850. The lowest BCUT2D eigenvalue weighted by atomic mass is 9.45. The quantitative estimate of drug-likeness (QED) is 0.182. The molecule has 0 radical (unpaired) electrons. The van der Waals surface area contributed by atoms with E-state index in [2.05, 4.69) is 78.0 Å². The Morgan fingerprint density at radius 1 is 0.464 bits per heavy atom. The van der Waals surface area contributed by atoms with Gasteiger partial charge in [-0.2, -0.15) is 0 Å². The predicted molar refractivity (Wildman–Crippen MR) is 239 cm³/mol. The minimum absolute atomic E-state index is 0.143. The van der Waals surface area contributed by atoms with E-state index in [1.54, 1.807) is 83.5 Å². The van der Waals surface area contributed by atoms with Gasteiger partial charge in [0.2, 0.25) is 0 Å². The predicted octanol–water partition coefficient (Wildman–Crippen LogP) is 15.7. The zero-order valence-corrected chi connectivity index (χ0v) is 38.4. The van der Waals surface area contributed by atoms with Crippen LogP contribution in [0.1, 0.15) is 194 Å². The van der Waals surface area contributed by atoms with Gasteiger partial charge in [-0.3, -0.25) is 0 Å². The van der Waals surface area contributed by atoms with Gasteiger partial charge in [0.1, 0.15) is 0 Å². The van der Waals surface area contributed by atoms with Gasteiger partial charge in [-0.15, -0.1) is 0 Å². The molecular formula is C54H76P2. The summed E-state index contributed by atoms with van der Waals surface area (Å²) in [6, 6.07) is 10.6. The topological polar surface area (TPSA) is 0 Å². The molecule has 16 aliphatic carbocycles. The lowest BCUT2D eigenvalue weighted by Gasteiger charge is -2.72. The molecular weight excluding hydrogens is 711 g/mol. The Morgan fingerprint density at radius 3 is 1.45 bits per heavy atom. The zero-order valence-electron chi connectivity index (χ0n) is 36.6. The van der Waals surface area contributed by atoms with Crippen molar-refractivity contribution < 1.29 is 0 Å². The third-order valence-electron chi connectivity index (χ3n) is 20.9. The summed E-state index contributed by atoms with van der Waals surface area (Å²) in [6.07, 6.45) is 42.4. The summed E-state index contributed by atoms with van der Waals surface area (Å²) < 4.78 is 0. The van der Waals surface area contributed by atoms with Gasteiger partial charge in [0.05, 0.1) is 0 Å². The Balaban J connectivity index is 0.935. The molecule has 17 rings (SSSR count). The fraction of sp³-hybridized carbons (Fsp3) is 0.815. The van der Waals surface area contributed by atoms with Crippen molar-refractivity contribution in [3.63, 3.8) is 0 Å². The van der Waals surface area contributed by atoms with Crippen LogP contribution in [-0.4, -0.2) is 20.6 Å². The Morgan fingerprint density at radius 2 is 0.964 bits per heavy atom. The summed E-state index contributed by atoms with van der Waals surface area (Å²) in [5.74, 6) is 3.86. The van der Waals surface area contributed by atoms with E-state index in [0.717, 1.165) is 23.7 Å². The van der Waals surface area contributed by atoms with E-state index in [1.807, 2.05) is 22.3 Å². The summed E-state index contributed by atoms with van der Waals surface area (Å²) in [5.41, 5.74) is 11.0. The van der Waals surface area contributed by atoms with Crippen LogP contribution in [0.2, 0.25) is 0 Å². The first-order valence-corrected chi connectivity index (χ1v) is 27.5. The maximum Gasteiger partial charge on any atom is -0.00385 e. The van der Waals surface area contributed by atoms with E-state index in [-0.39, 0.29) is 15.8 Å². The summed E-state index contributed by atoms with van der Waals surface area (Å²) in [7, 11) is -0.287. The lowest BCUT2D eigenvalue weighted by Crippen LogP contribution is -2.61. The second-order valence-electron chi connectivity index (χ2n) is 27.7. The van der Waals surface area contributed by atoms with Crippen LogP contribution in [-0.2, 0) is 12.3 Å². The van der Waals surface area contributed by atoms with E-state index in [4.69, 9.17) is 0 Å². The number of benzene rings is 1. The molecule has 0 aliphatic heterocycles. The van der Waals surface area contributed by atoms with Crippen molar-refractivity contribution in [3.05, 3.63) is 58.7 Å². The molecule has 0 heterocycles. The molecule has 1 aromatic carbocycles. The van der Waals surface area contributed by atoms with Gasteiger partial charge in [0.25, 0.3) is 0 Å². The summed E-state index contributed by atoms with van der Waals surface area (Å²) in [6.45, 7) is 16.6. The summed E-state index contributed by atoms with van der Waals surface area (Å²) in [5, 5.41) is 2.41. The third-order valence-corrected chi connectivity index (χ3v) is 28.8. The third kappa shape index (κ3) is 5.21. The van der Waals surface area contributed by atoms with Crippen molar-refractivity contribution in [2.45, 2.75) is 216 Å². The molecule has 0 nitrogen and oxygen atoms in total. The van der Waals surface area contributed by atoms with Gasteiger partial charge < -0.3 is 0 Å². The highest BCUT2D eigenvalue weighted by molar-refractivity contribution is 7.61. The second-order valence-corrected chi connectivity index (χ2v) is 33.9. The van der Waals surface area contributed by atoms with E-state index in [9.17, 15) is 0 Å². The van der Waals surface area contributed by atoms with Gasteiger partial charge in [-0.1, -0.05) is 105 Å². The highest BCUT2D eigenvalue weighted by Crippen LogP contribution is 2.85. The van der Waals surface area contributed by atoms with Crippen molar-refractivity contribution >= 4 is 15.8 Å². The van der Waals surface area contributed by atoms with Crippen LogP contribution in [0.5, 0.6) is 0 Å². The van der Waals surface area contributed by atoms with E-state index in [0.29, 0.717) is 53.1 Å². The molecule has 0 N–H and O–H groups in total. The minimum atomic E-state index is -0.143. The van der Waals surface area contributed by atoms with Crippen molar-refractivity contribution in [1.29, 1.82) is 0 Å². The molecule has 12 fully saturated rings. The SMILES string of the molecule is CC12C=C3CC(C1)CC(P(Cc1ccccc1CP(C14CC5=CC(CC(C)(C5)C1)C4)C14CC5CC(C)(CC(C)(C5)C1)C4)C14CC5CC(C)(CC(C)(C5)C1)C4)(C3)C2. The second kappa shape index (κ2) is 10.9. The Hall–Kier alpha value is -0.440. The fourth-order valence-electron chi connectivity index (χ4n) is 22.9. The number of hydrogen-bond acceptors (Lipinski definition) is 0. The number of allylic oxidation sites excluding steroid dienone is 4. The molecule has 12 saturated carbocycles. The van der Waals surface area contributed by atoms with Crippen LogP contribution in [0, 0.1) is 56.2 Å². The molecule has 16 bridgehead atoms. The number of rotatable bonds is 8. The summed E-state index contributed by atoms with van der Waals surface area (Å²) in [4.78, 5) is 0. The minimum Gasteiger partial charge on any atom is -0.0890 e. The average molecular weight is 787 g/mol. The van der Waals surface area contributed by atoms with Crippen LogP contribution in [0.4, 0.5) is 0 Å². The number of hydrogen-bond donors (Lipinski definition) is 0. The molecule has 0 saturated heterocycles. The van der Waals surface area contributed by atoms with Crippen LogP contribution < -0.4 is 0 Å². The Labute approximate surface area is 344 Å². The standard InChI is InChI=1S/C54H76P2/c1-45-13-37-11-38(14-45)22-51(21-37,31-45)55(53-25-41-17-47(3,33-53)29-48(4,18-41)34-53)27-43-9-7-8-10-44(43)28-56(52-23-39-12-40(24-52)16-46(2,15-39)32-52)54-26-42-19-49(5,35-54)30-50(6,20-42)36-54/h7-11,15,37,40-42H,12-14,16-36H2,1-6H3. The van der Waals surface area contributed by atoms with Crippen molar-refractivity contribution in [3.8, 4) is 0 Å². The maximum absolute atomic E-state index is 2.85. The largest absolute Gasteiger partial charge is 0.0890 e. The van der Waals surface area contributed by atoms with Gasteiger partial charge >= 0.3 is 0 Å². The van der Waals surface area contributed by atoms with Gasteiger partial charge in [-0.25, -0.2) is 0 Å².